The Morgan fingerprint density at radius 1 is 1.13 bits per heavy atom. The Balaban J connectivity index is 1.56. The highest BCUT2D eigenvalue weighted by atomic mass is 19.1. The minimum atomic E-state index is -0.451. The number of halogens is 1. The van der Waals surface area contributed by atoms with E-state index in [2.05, 4.69) is 10.4 Å². The van der Waals surface area contributed by atoms with Gasteiger partial charge in [0.15, 0.2) is 0 Å². The first-order chi connectivity index (χ1) is 14.5. The fourth-order valence-corrected chi connectivity index (χ4v) is 3.10. The molecule has 0 atom stereocenters. The zero-order valence-corrected chi connectivity index (χ0v) is 16.2. The van der Waals surface area contributed by atoms with Gasteiger partial charge in [0.1, 0.15) is 23.6 Å². The number of fused-ring (bicyclic) bond motifs is 1. The van der Waals surface area contributed by atoms with Crippen LogP contribution < -0.4 is 15.6 Å². The van der Waals surface area contributed by atoms with Crippen molar-refractivity contribution < 1.29 is 13.9 Å². The average Bonchev–Trinajstić information content (AvgIpc) is 3.16. The molecule has 2 heterocycles. The highest BCUT2D eigenvalue weighted by molar-refractivity contribution is 5.90. The molecule has 7 nitrogen and oxygen atoms in total. The molecule has 0 fully saturated rings. The zero-order chi connectivity index (χ0) is 21.1. The molecule has 1 amide bonds. The van der Waals surface area contributed by atoms with Gasteiger partial charge in [-0.15, -0.1) is 0 Å². The van der Waals surface area contributed by atoms with E-state index in [1.54, 1.807) is 18.3 Å². The number of rotatable bonds is 6. The fraction of sp³-hybridized carbons (Fsp3) is 0.136. The van der Waals surface area contributed by atoms with Crippen LogP contribution in [0.3, 0.4) is 0 Å². The summed E-state index contributed by atoms with van der Waals surface area (Å²) in [7, 11) is 0. The summed E-state index contributed by atoms with van der Waals surface area (Å²) in [5, 5.41) is 7.02. The van der Waals surface area contributed by atoms with E-state index in [-0.39, 0.29) is 12.1 Å². The van der Waals surface area contributed by atoms with Crippen LogP contribution in [0.5, 0.6) is 5.75 Å². The average molecular weight is 406 g/mol. The second kappa shape index (κ2) is 8.20. The quantitative estimate of drug-likeness (QED) is 0.533. The number of ether oxygens (including phenoxy) is 1. The number of carbonyl (C=O) groups is 1. The van der Waals surface area contributed by atoms with Crippen molar-refractivity contribution in [3.05, 3.63) is 83.2 Å². The lowest BCUT2D eigenvalue weighted by molar-refractivity contribution is -0.116. The molecule has 4 rings (SSSR count). The molecule has 0 aliphatic carbocycles. The molecule has 2 aromatic carbocycles. The molecule has 0 spiro atoms. The Labute approximate surface area is 171 Å². The molecule has 0 saturated heterocycles. The number of nitrogens with zero attached hydrogens (tertiary/aromatic N) is 3. The Hall–Kier alpha value is -3.94. The van der Waals surface area contributed by atoms with Crippen LogP contribution in [0.1, 0.15) is 6.92 Å². The number of aromatic nitrogens is 3. The second-order valence-corrected chi connectivity index (χ2v) is 6.61. The van der Waals surface area contributed by atoms with Crippen molar-refractivity contribution in [3.8, 4) is 17.0 Å². The van der Waals surface area contributed by atoms with Gasteiger partial charge in [-0.05, 0) is 55.5 Å². The third-order valence-electron chi connectivity index (χ3n) is 4.49. The number of benzene rings is 2. The number of nitrogens with one attached hydrogen (secondary N) is 1. The molecule has 0 unspecified atom stereocenters. The molecule has 0 saturated carbocycles. The van der Waals surface area contributed by atoms with E-state index in [1.165, 1.54) is 33.5 Å². The molecule has 8 heteroatoms. The van der Waals surface area contributed by atoms with Gasteiger partial charge in [-0.25, -0.2) is 8.91 Å². The summed E-state index contributed by atoms with van der Waals surface area (Å²) in [6.07, 6.45) is 3.11. The molecule has 0 aliphatic heterocycles. The van der Waals surface area contributed by atoms with Crippen LogP contribution in [0.2, 0.25) is 0 Å². The lowest BCUT2D eigenvalue weighted by atomic mass is 10.1. The zero-order valence-electron chi connectivity index (χ0n) is 16.2. The first-order valence-electron chi connectivity index (χ1n) is 9.41. The van der Waals surface area contributed by atoms with Crippen LogP contribution in [-0.2, 0) is 11.3 Å². The summed E-state index contributed by atoms with van der Waals surface area (Å²) >= 11 is 0. The largest absolute Gasteiger partial charge is 0.494 e. The molecule has 0 bridgehead atoms. The Kier molecular flexibility index (Phi) is 5.30. The van der Waals surface area contributed by atoms with Crippen LogP contribution in [0, 0.1) is 5.82 Å². The highest BCUT2D eigenvalue weighted by Crippen LogP contribution is 2.22. The Morgan fingerprint density at radius 2 is 1.93 bits per heavy atom. The van der Waals surface area contributed by atoms with Gasteiger partial charge in [-0.1, -0.05) is 6.07 Å². The third kappa shape index (κ3) is 4.07. The summed E-state index contributed by atoms with van der Waals surface area (Å²) in [4.78, 5) is 25.1. The van der Waals surface area contributed by atoms with E-state index in [1.807, 2.05) is 31.2 Å². The lowest BCUT2D eigenvalue weighted by Crippen LogP contribution is -2.28. The van der Waals surface area contributed by atoms with Crippen molar-refractivity contribution in [1.82, 2.24) is 14.2 Å². The van der Waals surface area contributed by atoms with Gasteiger partial charge >= 0.3 is 0 Å². The molecular weight excluding hydrogens is 387 g/mol. The third-order valence-corrected chi connectivity index (χ3v) is 4.49. The van der Waals surface area contributed by atoms with Gasteiger partial charge < -0.3 is 14.6 Å². The van der Waals surface area contributed by atoms with Crippen molar-refractivity contribution in [2.24, 2.45) is 0 Å². The number of hydrogen-bond acceptors (Lipinski definition) is 4. The molecule has 2 aromatic heterocycles. The number of carbonyl (C=O) groups excluding carboxylic acids is 1. The van der Waals surface area contributed by atoms with Gasteiger partial charge in [-0.3, -0.25) is 9.59 Å². The summed E-state index contributed by atoms with van der Waals surface area (Å²) in [6.45, 7) is 2.30. The summed E-state index contributed by atoms with van der Waals surface area (Å²) in [5.41, 5.74) is 1.81. The van der Waals surface area contributed by atoms with Crippen molar-refractivity contribution in [2.45, 2.75) is 13.5 Å². The van der Waals surface area contributed by atoms with Crippen molar-refractivity contribution in [1.29, 1.82) is 0 Å². The Bertz CT molecular complexity index is 1260. The second-order valence-electron chi connectivity index (χ2n) is 6.61. The molecule has 0 aliphatic rings. The first kappa shape index (κ1) is 19.4. The molecule has 1 N–H and O–H groups in total. The van der Waals surface area contributed by atoms with Crippen LogP contribution in [0.4, 0.5) is 10.1 Å². The predicted molar refractivity (Wildman–Crippen MR) is 111 cm³/mol. The van der Waals surface area contributed by atoms with E-state index >= 15 is 0 Å². The molecule has 4 aromatic rings. The summed E-state index contributed by atoms with van der Waals surface area (Å²) in [5.74, 6) is -0.123. The van der Waals surface area contributed by atoms with Gasteiger partial charge in [-0.2, -0.15) is 5.10 Å². The van der Waals surface area contributed by atoms with E-state index in [0.717, 1.165) is 11.3 Å². The number of hydrogen-bond donors (Lipinski definition) is 1. The van der Waals surface area contributed by atoms with Crippen molar-refractivity contribution >= 4 is 17.1 Å². The Morgan fingerprint density at radius 3 is 2.67 bits per heavy atom. The van der Waals surface area contributed by atoms with Crippen molar-refractivity contribution in [3.63, 3.8) is 0 Å². The first-order valence-corrected chi connectivity index (χ1v) is 9.41. The van der Waals surface area contributed by atoms with Gasteiger partial charge in [0, 0.05) is 23.6 Å². The summed E-state index contributed by atoms with van der Waals surface area (Å²) in [6, 6.07) is 14.7. The maximum atomic E-state index is 13.3. The molecular formula is C22H19FN4O3. The number of amides is 1. The lowest BCUT2D eigenvalue weighted by Gasteiger charge is -2.07. The van der Waals surface area contributed by atoms with Crippen LogP contribution in [0.25, 0.3) is 16.8 Å². The number of anilines is 1. The van der Waals surface area contributed by atoms with Crippen LogP contribution >= 0.6 is 0 Å². The van der Waals surface area contributed by atoms with Crippen molar-refractivity contribution in [2.75, 3.05) is 11.9 Å². The van der Waals surface area contributed by atoms with Crippen LogP contribution in [0.15, 0.2) is 71.8 Å². The SMILES string of the molecule is CCOc1ccc(-c2cc3c(=O)n(CC(=O)Nc4cccc(F)c4)ccn3n2)cc1. The van der Waals surface area contributed by atoms with Crippen LogP contribution in [-0.4, -0.2) is 26.7 Å². The molecule has 152 valence electrons. The normalized spacial score (nSPS) is 10.9. The maximum Gasteiger partial charge on any atom is 0.277 e. The van der Waals surface area contributed by atoms with Gasteiger partial charge in [0.05, 0.1) is 12.3 Å². The summed E-state index contributed by atoms with van der Waals surface area (Å²) < 4.78 is 21.5. The smallest absolute Gasteiger partial charge is 0.277 e. The predicted octanol–water partition coefficient (Wildman–Crippen LogP) is 3.34. The minimum Gasteiger partial charge on any atom is -0.494 e. The standard InChI is InChI=1S/C22H19FN4O3/c1-2-30-18-8-6-15(7-9-18)19-13-20-22(29)26(10-11-27(20)25-19)14-21(28)24-17-5-3-4-16(23)12-17/h3-13H,2,14H2,1H3,(H,24,28). The monoisotopic (exact) mass is 406 g/mol. The molecule has 0 radical (unpaired) electrons. The maximum absolute atomic E-state index is 13.3. The van der Waals surface area contributed by atoms with E-state index in [0.29, 0.717) is 23.5 Å². The highest BCUT2D eigenvalue weighted by Gasteiger charge is 2.12. The minimum absolute atomic E-state index is 0.199. The fourth-order valence-electron chi connectivity index (χ4n) is 3.10. The van der Waals surface area contributed by atoms with E-state index in [9.17, 15) is 14.0 Å². The van der Waals surface area contributed by atoms with Gasteiger partial charge in [0.2, 0.25) is 5.91 Å². The topological polar surface area (TPSA) is 77.6 Å². The van der Waals surface area contributed by atoms with E-state index in [4.69, 9.17) is 4.74 Å². The molecule has 30 heavy (non-hydrogen) atoms. The van der Waals surface area contributed by atoms with E-state index < -0.39 is 11.7 Å². The van der Waals surface area contributed by atoms with Gasteiger partial charge in [0.25, 0.3) is 5.56 Å².